The van der Waals surface area contributed by atoms with Crippen molar-refractivity contribution in [2.45, 2.75) is 13.5 Å². The number of nitrogens with zero attached hydrogens (tertiary/aromatic N) is 2. The number of benzene rings is 2. The molecule has 0 spiro atoms. The molecule has 1 N–H and O–H groups in total. The van der Waals surface area contributed by atoms with E-state index < -0.39 is 0 Å². The molecule has 0 saturated carbocycles. The van der Waals surface area contributed by atoms with E-state index in [1.807, 2.05) is 43.3 Å². The topological polar surface area (TPSA) is 65.8 Å². The standard InChI is InChI=1S/C23H24ClN3O3/c1-16-19-13-18(24)7-8-20(19)30-22(16)23(29)27-11-9-26(10-12-27)15-21(28)25-14-17-5-3-2-4-6-17/h2-8,13H,9-12,14-15H2,1H3,(H,25,28). The monoisotopic (exact) mass is 425 g/mol. The van der Waals surface area contributed by atoms with Gasteiger partial charge in [-0.15, -0.1) is 0 Å². The number of furan rings is 1. The second kappa shape index (κ2) is 8.90. The smallest absolute Gasteiger partial charge is 0.289 e. The summed E-state index contributed by atoms with van der Waals surface area (Å²) in [5.41, 5.74) is 2.54. The Labute approximate surface area is 180 Å². The molecule has 4 rings (SSSR count). The van der Waals surface area contributed by atoms with Gasteiger partial charge in [0.1, 0.15) is 5.58 Å². The fraction of sp³-hybridized carbons (Fsp3) is 0.304. The summed E-state index contributed by atoms with van der Waals surface area (Å²) < 4.78 is 5.81. The zero-order valence-corrected chi connectivity index (χ0v) is 17.6. The first-order chi connectivity index (χ1) is 14.5. The number of rotatable bonds is 5. The molecule has 30 heavy (non-hydrogen) atoms. The number of aryl methyl sites for hydroxylation is 1. The normalized spacial score (nSPS) is 14.8. The summed E-state index contributed by atoms with van der Waals surface area (Å²) >= 11 is 6.07. The molecule has 0 atom stereocenters. The molecule has 1 saturated heterocycles. The molecule has 1 aromatic heterocycles. The van der Waals surface area contributed by atoms with Gasteiger partial charge in [-0.05, 0) is 30.7 Å². The lowest BCUT2D eigenvalue weighted by Crippen LogP contribution is -2.51. The van der Waals surface area contributed by atoms with Crippen LogP contribution < -0.4 is 5.32 Å². The highest BCUT2D eigenvalue weighted by Gasteiger charge is 2.27. The van der Waals surface area contributed by atoms with Gasteiger partial charge < -0.3 is 14.6 Å². The minimum absolute atomic E-state index is 0.0105. The number of piperazine rings is 1. The molecule has 0 bridgehead atoms. The van der Waals surface area contributed by atoms with Gasteiger partial charge in [0.2, 0.25) is 5.91 Å². The van der Waals surface area contributed by atoms with Gasteiger partial charge in [-0.3, -0.25) is 14.5 Å². The number of amides is 2. The van der Waals surface area contributed by atoms with E-state index in [9.17, 15) is 9.59 Å². The van der Waals surface area contributed by atoms with E-state index in [1.165, 1.54) is 0 Å². The third-order valence-electron chi connectivity index (χ3n) is 5.45. The molecule has 156 valence electrons. The molecule has 7 heteroatoms. The average molecular weight is 426 g/mol. The van der Waals surface area contributed by atoms with E-state index in [-0.39, 0.29) is 11.8 Å². The predicted octanol–water partition coefficient (Wildman–Crippen LogP) is 3.47. The van der Waals surface area contributed by atoms with Crippen LogP contribution in [0.4, 0.5) is 0 Å². The lowest BCUT2D eigenvalue weighted by Gasteiger charge is -2.34. The third-order valence-corrected chi connectivity index (χ3v) is 5.69. The van der Waals surface area contributed by atoms with Crippen LogP contribution in [0.1, 0.15) is 21.7 Å². The van der Waals surface area contributed by atoms with E-state index in [1.54, 1.807) is 17.0 Å². The molecule has 0 unspecified atom stereocenters. The summed E-state index contributed by atoms with van der Waals surface area (Å²) in [6.07, 6.45) is 0. The Balaban J connectivity index is 1.30. The molecule has 2 heterocycles. The number of halogens is 1. The number of hydrogen-bond donors (Lipinski definition) is 1. The molecular weight excluding hydrogens is 402 g/mol. The maximum absolute atomic E-state index is 13.0. The van der Waals surface area contributed by atoms with Gasteiger partial charge in [0, 0.05) is 48.7 Å². The number of carbonyl (C=O) groups is 2. The van der Waals surface area contributed by atoms with Crippen molar-refractivity contribution in [1.29, 1.82) is 0 Å². The molecule has 2 aromatic carbocycles. The summed E-state index contributed by atoms with van der Waals surface area (Å²) in [7, 11) is 0. The van der Waals surface area contributed by atoms with Crippen molar-refractivity contribution < 1.29 is 14.0 Å². The molecular formula is C23H24ClN3O3. The lowest BCUT2D eigenvalue weighted by molar-refractivity contribution is -0.122. The first kappa shape index (κ1) is 20.4. The molecule has 1 fully saturated rings. The van der Waals surface area contributed by atoms with Crippen molar-refractivity contribution in [2.75, 3.05) is 32.7 Å². The predicted molar refractivity (Wildman–Crippen MR) is 117 cm³/mol. The second-order valence-electron chi connectivity index (χ2n) is 7.53. The van der Waals surface area contributed by atoms with Crippen molar-refractivity contribution in [3.05, 3.63) is 70.4 Å². The van der Waals surface area contributed by atoms with Crippen molar-refractivity contribution in [1.82, 2.24) is 15.1 Å². The highest BCUT2D eigenvalue weighted by atomic mass is 35.5. The van der Waals surface area contributed by atoms with Crippen LogP contribution in [0.2, 0.25) is 5.02 Å². The van der Waals surface area contributed by atoms with E-state index in [0.717, 1.165) is 16.5 Å². The summed E-state index contributed by atoms with van der Waals surface area (Å²) in [4.78, 5) is 29.0. The van der Waals surface area contributed by atoms with Crippen molar-refractivity contribution in [3.63, 3.8) is 0 Å². The number of fused-ring (bicyclic) bond motifs is 1. The Morgan fingerprint density at radius 1 is 1.07 bits per heavy atom. The maximum atomic E-state index is 13.0. The zero-order valence-electron chi connectivity index (χ0n) is 16.9. The fourth-order valence-corrected chi connectivity index (χ4v) is 3.88. The molecule has 0 aliphatic carbocycles. The van der Waals surface area contributed by atoms with E-state index in [2.05, 4.69) is 10.2 Å². The van der Waals surface area contributed by atoms with Crippen LogP contribution in [-0.4, -0.2) is 54.3 Å². The Morgan fingerprint density at radius 2 is 1.80 bits per heavy atom. The van der Waals surface area contributed by atoms with Crippen LogP contribution in [0.3, 0.4) is 0 Å². The minimum atomic E-state index is -0.118. The van der Waals surface area contributed by atoms with Crippen LogP contribution in [-0.2, 0) is 11.3 Å². The largest absolute Gasteiger partial charge is 0.451 e. The van der Waals surface area contributed by atoms with Crippen molar-refractivity contribution in [2.24, 2.45) is 0 Å². The zero-order chi connectivity index (χ0) is 21.1. The molecule has 0 radical (unpaired) electrons. The Hall–Kier alpha value is -2.83. The first-order valence-electron chi connectivity index (χ1n) is 10.0. The van der Waals surface area contributed by atoms with Crippen molar-refractivity contribution in [3.8, 4) is 0 Å². The third kappa shape index (κ3) is 4.50. The SMILES string of the molecule is Cc1c(C(=O)N2CCN(CC(=O)NCc3ccccc3)CC2)oc2ccc(Cl)cc12. The van der Waals surface area contributed by atoms with Crippen LogP contribution in [0.5, 0.6) is 0 Å². The van der Waals surface area contributed by atoms with Crippen LogP contribution in [0, 0.1) is 6.92 Å². The van der Waals surface area contributed by atoms with Gasteiger partial charge in [0.25, 0.3) is 5.91 Å². The first-order valence-corrected chi connectivity index (χ1v) is 10.4. The van der Waals surface area contributed by atoms with E-state index in [4.69, 9.17) is 16.0 Å². The average Bonchev–Trinajstić information content (AvgIpc) is 3.09. The number of hydrogen-bond acceptors (Lipinski definition) is 4. The van der Waals surface area contributed by atoms with Gasteiger partial charge >= 0.3 is 0 Å². The molecule has 1 aliphatic rings. The Morgan fingerprint density at radius 3 is 2.53 bits per heavy atom. The molecule has 2 amide bonds. The highest BCUT2D eigenvalue weighted by molar-refractivity contribution is 6.31. The fourth-order valence-electron chi connectivity index (χ4n) is 3.71. The Kier molecular flexibility index (Phi) is 6.06. The van der Waals surface area contributed by atoms with Gasteiger partial charge in [0.15, 0.2) is 5.76 Å². The minimum Gasteiger partial charge on any atom is -0.451 e. The van der Waals surface area contributed by atoms with Crippen molar-refractivity contribution >= 4 is 34.4 Å². The summed E-state index contributed by atoms with van der Waals surface area (Å²) in [6.45, 7) is 5.14. The number of carbonyl (C=O) groups excluding carboxylic acids is 2. The van der Waals surface area contributed by atoms with Gasteiger partial charge in [-0.1, -0.05) is 41.9 Å². The molecule has 1 aliphatic heterocycles. The van der Waals surface area contributed by atoms with Gasteiger partial charge in [-0.2, -0.15) is 0 Å². The highest BCUT2D eigenvalue weighted by Crippen LogP contribution is 2.28. The van der Waals surface area contributed by atoms with Gasteiger partial charge in [0.05, 0.1) is 6.54 Å². The van der Waals surface area contributed by atoms with E-state index in [0.29, 0.717) is 55.6 Å². The number of nitrogens with one attached hydrogen (secondary N) is 1. The van der Waals surface area contributed by atoms with E-state index >= 15 is 0 Å². The molecule has 6 nitrogen and oxygen atoms in total. The summed E-state index contributed by atoms with van der Waals surface area (Å²) in [5.74, 6) is 0.234. The summed E-state index contributed by atoms with van der Waals surface area (Å²) in [6, 6.07) is 15.2. The Bertz CT molecular complexity index is 1060. The van der Waals surface area contributed by atoms with Crippen LogP contribution in [0.25, 0.3) is 11.0 Å². The second-order valence-corrected chi connectivity index (χ2v) is 7.96. The molecule has 3 aromatic rings. The van der Waals surface area contributed by atoms with Crippen LogP contribution >= 0.6 is 11.6 Å². The van der Waals surface area contributed by atoms with Gasteiger partial charge in [-0.25, -0.2) is 0 Å². The quantitative estimate of drug-likeness (QED) is 0.679. The maximum Gasteiger partial charge on any atom is 0.289 e. The van der Waals surface area contributed by atoms with Crippen LogP contribution in [0.15, 0.2) is 52.9 Å². The summed E-state index contributed by atoms with van der Waals surface area (Å²) in [5, 5.41) is 4.42. The lowest BCUT2D eigenvalue weighted by atomic mass is 10.1.